The third-order valence-corrected chi connectivity index (χ3v) is 5.51. The van der Waals surface area contributed by atoms with E-state index in [9.17, 15) is 8.42 Å². The van der Waals surface area contributed by atoms with Gasteiger partial charge in [0.05, 0.1) is 0 Å². The standard InChI is InChI=1S/C13H18N4O2S/c1-10-8-17(9-13(10)16(2)3)20(18,19)12-5-4-11(6-14)15-7-12/h4-5,7,10,13H,8-9H2,1-3H3. The summed E-state index contributed by atoms with van der Waals surface area (Å²) in [5.41, 5.74) is 0.213. The van der Waals surface area contributed by atoms with E-state index >= 15 is 0 Å². The number of hydrogen-bond acceptors (Lipinski definition) is 5. The largest absolute Gasteiger partial charge is 0.305 e. The van der Waals surface area contributed by atoms with Gasteiger partial charge in [-0.3, -0.25) is 0 Å². The molecule has 6 nitrogen and oxygen atoms in total. The molecule has 0 radical (unpaired) electrons. The van der Waals surface area contributed by atoms with Crippen molar-refractivity contribution in [3.05, 3.63) is 24.0 Å². The number of rotatable bonds is 3. The van der Waals surface area contributed by atoms with E-state index in [-0.39, 0.29) is 22.5 Å². The molecule has 1 aliphatic heterocycles. The van der Waals surface area contributed by atoms with E-state index in [1.165, 1.54) is 22.6 Å². The molecule has 0 aromatic carbocycles. The molecule has 1 saturated heterocycles. The van der Waals surface area contributed by atoms with Crippen LogP contribution in [-0.2, 0) is 10.0 Å². The topological polar surface area (TPSA) is 77.3 Å². The SMILES string of the molecule is CC1CN(S(=O)(=O)c2ccc(C#N)nc2)CC1N(C)C. The molecule has 1 fully saturated rings. The maximum absolute atomic E-state index is 12.5. The van der Waals surface area contributed by atoms with Crippen molar-refractivity contribution in [2.24, 2.45) is 5.92 Å². The first-order chi connectivity index (χ1) is 9.36. The summed E-state index contributed by atoms with van der Waals surface area (Å²) in [6.45, 7) is 3.04. The minimum Gasteiger partial charge on any atom is -0.305 e. The molecule has 0 aliphatic carbocycles. The summed E-state index contributed by atoms with van der Waals surface area (Å²) < 4.78 is 26.6. The molecular formula is C13H18N4O2S. The van der Waals surface area contributed by atoms with Crippen molar-refractivity contribution in [2.45, 2.75) is 17.9 Å². The third-order valence-electron chi connectivity index (χ3n) is 3.69. The van der Waals surface area contributed by atoms with Crippen LogP contribution in [0.1, 0.15) is 12.6 Å². The van der Waals surface area contributed by atoms with Gasteiger partial charge in [0, 0.05) is 25.3 Å². The van der Waals surface area contributed by atoms with Crippen molar-refractivity contribution in [1.82, 2.24) is 14.2 Å². The molecule has 0 N–H and O–H groups in total. The lowest BCUT2D eigenvalue weighted by molar-refractivity contribution is 0.263. The number of sulfonamides is 1. The second kappa shape index (κ2) is 5.48. The van der Waals surface area contributed by atoms with Gasteiger partial charge in [-0.05, 0) is 32.1 Å². The molecule has 2 rings (SSSR count). The summed E-state index contributed by atoms with van der Waals surface area (Å²) >= 11 is 0. The average Bonchev–Trinajstić information content (AvgIpc) is 2.82. The molecular weight excluding hydrogens is 276 g/mol. The molecule has 0 saturated carbocycles. The fourth-order valence-electron chi connectivity index (χ4n) is 2.52. The molecule has 108 valence electrons. The summed E-state index contributed by atoms with van der Waals surface area (Å²) in [5, 5.41) is 8.70. The fraction of sp³-hybridized carbons (Fsp3) is 0.538. The van der Waals surface area contributed by atoms with Gasteiger partial charge in [0.2, 0.25) is 10.0 Å². The normalized spacial score (nSPS) is 23.9. The molecule has 2 unspecified atom stereocenters. The van der Waals surface area contributed by atoms with Gasteiger partial charge in [-0.25, -0.2) is 13.4 Å². The first-order valence-corrected chi connectivity index (χ1v) is 7.83. The summed E-state index contributed by atoms with van der Waals surface area (Å²) in [4.78, 5) is 6.03. The predicted molar refractivity (Wildman–Crippen MR) is 74.3 cm³/mol. The average molecular weight is 294 g/mol. The number of aromatic nitrogens is 1. The molecule has 20 heavy (non-hydrogen) atoms. The van der Waals surface area contributed by atoms with Gasteiger partial charge in [0.25, 0.3) is 0 Å². The minimum atomic E-state index is -3.53. The van der Waals surface area contributed by atoms with Crippen molar-refractivity contribution in [3.8, 4) is 6.07 Å². The Kier molecular flexibility index (Phi) is 4.09. The van der Waals surface area contributed by atoms with Gasteiger partial charge in [0.1, 0.15) is 16.7 Å². The molecule has 0 amide bonds. The Hall–Kier alpha value is -1.49. The molecule has 7 heteroatoms. The zero-order valence-corrected chi connectivity index (χ0v) is 12.6. The Morgan fingerprint density at radius 3 is 2.55 bits per heavy atom. The van der Waals surface area contributed by atoms with Crippen molar-refractivity contribution >= 4 is 10.0 Å². The van der Waals surface area contributed by atoms with Gasteiger partial charge < -0.3 is 4.90 Å². The molecule has 1 aromatic heterocycles. The zero-order valence-electron chi connectivity index (χ0n) is 11.8. The van der Waals surface area contributed by atoms with Gasteiger partial charge in [-0.2, -0.15) is 9.57 Å². The zero-order chi connectivity index (χ0) is 14.9. The van der Waals surface area contributed by atoms with E-state index < -0.39 is 10.0 Å². The monoisotopic (exact) mass is 294 g/mol. The van der Waals surface area contributed by atoms with E-state index in [0.717, 1.165) is 0 Å². The number of pyridine rings is 1. The van der Waals surface area contributed by atoms with E-state index in [4.69, 9.17) is 5.26 Å². The van der Waals surface area contributed by atoms with Crippen molar-refractivity contribution in [2.75, 3.05) is 27.2 Å². The Balaban J connectivity index is 2.25. The van der Waals surface area contributed by atoms with E-state index in [2.05, 4.69) is 16.8 Å². The van der Waals surface area contributed by atoms with E-state index in [0.29, 0.717) is 13.1 Å². The van der Waals surface area contributed by atoms with Crippen molar-refractivity contribution < 1.29 is 8.42 Å². The number of hydrogen-bond donors (Lipinski definition) is 0. The highest BCUT2D eigenvalue weighted by Gasteiger charge is 2.38. The molecule has 0 spiro atoms. The van der Waals surface area contributed by atoms with Crippen LogP contribution in [0, 0.1) is 17.2 Å². The van der Waals surface area contributed by atoms with Gasteiger partial charge in [-0.1, -0.05) is 6.92 Å². The maximum Gasteiger partial charge on any atom is 0.244 e. The second-order valence-electron chi connectivity index (χ2n) is 5.32. The highest BCUT2D eigenvalue weighted by atomic mass is 32.2. The predicted octanol–water partition coefficient (Wildman–Crippen LogP) is 0.524. The Morgan fingerprint density at radius 1 is 1.40 bits per heavy atom. The highest BCUT2D eigenvalue weighted by Crippen LogP contribution is 2.26. The van der Waals surface area contributed by atoms with E-state index in [1.807, 2.05) is 20.2 Å². The molecule has 1 aromatic rings. The highest BCUT2D eigenvalue weighted by molar-refractivity contribution is 7.89. The van der Waals surface area contributed by atoms with Crippen LogP contribution in [0.5, 0.6) is 0 Å². The Morgan fingerprint density at radius 2 is 2.10 bits per heavy atom. The lowest BCUT2D eigenvalue weighted by Gasteiger charge is -2.22. The van der Waals surface area contributed by atoms with Crippen LogP contribution in [0.4, 0.5) is 0 Å². The van der Waals surface area contributed by atoms with Crippen LogP contribution in [0.2, 0.25) is 0 Å². The number of nitriles is 1. The molecule has 2 heterocycles. The van der Waals surface area contributed by atoms with Gasteiger partial charge >= 0.3 is 0 Å². The summed E-state index contributed by atoms with van der Waals surface area (Å²) in [5.74, 6) is 0.283. The summed E-state index contributed by atoms with van der Waals surface area (Å²) in [7, 11) is 0.389. The fourth-order valence-corrected chi connectivity index (χ4v) is 4.03. The van der Waals surface area contributed by atoms with Crippen molar-refractivity contribution in [1.29, 1.82) is 5.26 Å². The Labute approximate surface area is 119 Å². The molecule has 1 aliphatic rings. The smallest absolute Gasteiger partial charge is 0.244 e. The van der Waals surface area contributed by atoms with Crippen molar-refractivity contribution in [3.63, 3.8) is 0 Å². The van der Waals surface area contributed by atoms with Gasteiger partial charge in [0.15, 0.2) is 0 Å². The number of likely N-dealkylation sites (N-methyl/N-ethyl adjacent to an activating group) is 1. The van der Waals surface area contributed by atoms with Crippen LogP contribution < -0.4 is 0 Å². The third kappa shape index (κ3) is 2.68. The van der Waals surface area contributed by atoms with Crippen LogP contribution in [-0.4, -0.2) is 55.8 Å². The quantitative estimate of drug-likeness (QED) is 0.812. The van der Waals surface area contributed by atoms with E-state index in [1.54, 1.807) is 0 Å². The second-order valence-corrected chi connectivity index (χ2v) is 7.26. The van der Waals surface area contributed by atoms with Crippen LogP contribution >= 0.6 is 0 Å². The summed E-state index contributed by atoms with van der Waals surface area (Å²) in [6, 6.07) is 4.96. The maximum atomic E-state index is 12.5. The molecule has 0 bridgehead atoms. The van der Waals surface area contributed by atoms with Crippen LogP contribution in [0.15, 0.2) is 23.2 Å². The first-order valence-electron chi connectivity index (χ1n) is 6.39. The number of nitrogens with zero attached hydrogens (tertiary/aromatic N) is 4. The minimum absolute atomic E-state index is 0.142. The van der Waals surface area contributed by atoms with Gasteiger partial charge in [-0.15, -0.1) is 0 Å². The Bertz CT molecular complexity index is 619. The lowest BCUT2D eigenvalue weighted by Crippen LogP contribution is -2.35. The van der Waals surface area contributed by atoms with Crippen LogP contribution in [0.3, 0.4) is 0 Å². The first kappa shape index (κ1) is 14.9. The summed E-state index contributed by atoms with van der Waals surface area (Å²) in [6.07, 6.45) is 1.25. The molecule has 2 atom stereocenters. The van der Waals surface area contributed by atoms with Crippen LogP contribution in [0.25, 0.3) is 0 Å². The lowest BCUT2D eigenvalue weighted by atomic mass is 10.1.